The molecule has 1 atom stereocenters. The zero-order valence-corrected chi connectivity index (χ0v) is 11.1. The molecule has 2 N–H and O–H groups in total. The van der Waals surface area contributed by atoms with Crippen LogP contribution in [0.1, 0.15) is 37.4 Å². The van der Waals surface area contributed by atoms with Crippen molar-refractivity contribution in [1.82, 2.24) is 5.32 Å². The Morgan fingerprint density at radius 3 is 2.35 bits per heavy atom. The monoisotopic (exact) mass is 273 g/mol. The molecule has 0 spiro atoms. The zero-order chi connectivity index (χ0) is 12.3. The summed E-state index contributed by atoms with van der Waals surface area (Å²) in [7, 11) is 0. The minimum absolute atomic E-state index is 0.549. The molecule has 0 bridgehead atoms. The summed E-state index contributed by atoms with van der Waals surface area (Å²) in [6, 6.07) is 5.74. The number of benzene rings is 1. The molecule has 0 radical (unpaired) electrons. The van der Waals surface area contributed by atoms with E-state index >= 15 is 0 Å². The van der Waals surface area contributed by atoms with Gasteiger partial charge in [-0.05, 0) is 36.6 Å². The van der Waals surface area contributed by atoms with Crippen LogP contribution in [0.3, 0.4) is 0 Å². The van der Waals surface area contributed by atoms with E-state index in [0.717, 1.165) is 5.56 Å². The lowest BCUT2D eigenvalue weighted by molar-refractivity contribution is 0.170. The number of halogens is 2. The molecule has 0 saturated heterocycles. The van der Waals surface area contributed by atoms with Gasteiger partial charge in [-0.1, -0.05) is 36.0 Å². The highest BCUT2D eigenvalue weighted by atomic mass is 35.5. The molecule has 0 aliphatic heterocycles. The Hall–Kier alpha value is -0.280. The fourth-order valence-electron chi connectivity index (χ4n) is 2.29. The Morgan fingerprint density at radius 1 is 1.18 bits per heavy atom. The molecule has 1 fully saturated rings. The molecule has 1 aromatic rings. The normalized spacial score (nSPS) is 18.5. The molecule has 17 heavy (non-hydrogen) atoms. The van der Waals surface area contributed by atoms with Crippen LogP contribution < -0.4 is 5.32 Å². The first kappa shape index (κ1) is 13.2. The number of rotatable bonds is 4. The minimum Gasteiger partial charge on any atom is -0.387 e. The van der Waals surface area contributed by atoms with Crippen LogP contribution in [0.2, 0.25) is 10.0 Å². The SMILES string of the molecule is OC(CNC1CCCC1)c1cc(Cl)cc(Cl)c1. The second-order valence-electron chi connectivity index (χ2n) is 4.61. The summed E-state index contributed by atoms with van der Waals surface area (Å²) in [5.41, 5.74) is 0.771. The maximum atomic E-state index is 10.0. The highest BCUT2D eigenvalue weighted by Gasteiger charge is 2.16. The maximum absolute atomic E-state index is 10.0. The molecule has 2 nitrogen and oxygen atoms in total. The number of hydrogen-bond acceptors (Lipinski definition) is 2. The summed E-state index contributed by atoms with van der Waals surface area (Å²) in [5, 5.41) is 14.6. The van der Waals surface area contributed by atoms with Gasteiger partial charge < -0.3 is 10.4 Å². The molecule has 1 aromatic carbocycles. The zero-order valence-electron chi connectivity index (χ0n) is 9.63. The lowest BCUT2D eigenvalue weighted by Crippen LogP contribution is -2.30. The molecular formula is C13H17Cl2NO. The predicted molar refractivity (Wildman–Crippen MR) is 71.7 cm³/mol. The molecule has 1 aliphatic carbocycles. The van der Waals surface area contributed by atoms with Crippen LogP contribution >= 0.6 is 23.2 Å². The summed E-state index contributed by atoms with van der Waals surface area (Å²) < 4.78 is 0. The topological polar surface area (TPSA) is 32.3 Å². The maximum Gasteiger partial charge on any atom is 0.0915 e. The average Bonchev–Trinajstić information content (AvgIpc) is 2.77. The first-order valence-electron chi connectivity index (χ1n) is 6.02. The lowest BCUT2D eigenvalue weighted by atomic mass is 10.1. The van der Waals surface area contributed by atoms with Crippen molar-refractivity contribution in [3.05, 3.63) is 33.8 Å². The predicted octanol–water partition coefficient (Wildman–Crippen LogP) is 3.56. The van der Waals surface area contributed by atoms with Crippen molar-refractivity contribution in [2.24, 2.45) is 0 Å². The van der Waals surface area contributed by atoms with Crippen molar-refractivity contribution in [2.75, 3.05) is 6.54 Å². The fraction of sp³-hybridized carbons (Fsp3) is 0.538. The summed E-state index contributed by atoms with van der Waals surface area (Å²) in [6.45, 7) is 0.557. The second kappa shape index (κ2) is 6.05. The third-order valence-corrected chi connectivity index (χ3v) is 3.66. The van der Waals surface area contributed by atoms with Crippen LogP contribution in [0, 0.1) is 0 Å². The van der Waals surface area contributed by atoms with Gasteiger partial charge in [-0.2, -0.15) is 0 Å². The van der Waals surface area contributed by atoms with Crippen LogP contribution in [0.4, 0.5) is 0 Å². The molecule has 4 heteroatoms. The van der Waals surface area contributed by atoms with Gasteiger partial charge in [0.05, 0.1) is 6.10 Å². The molecule has 1 unspecified atom stereocenters. The van der Waals surface area contributed by atoms with Crippen LogP contribution in [-0.2, 0) is 0 Å². The standard InChI is InChI=1S/C13H17Cl2NO/c14-10-5-9(6-11(15)7-10)13(17)8-16-12-3-1-2-4-12/h5-7,12-13,16-17H,1-4,8H2. The van der Waals surface area contributed by atoms with E-state index in [9.17, 15) is 5.11 Å². The number of aliphatic hydroxyl groups excluding tert-OH is 1. The Balaban J connectivity index is 1.91. The van der Waals surface area contributed by atoms with E-state index < -0.39 is 6.10 Å². The van der Waals surface area contributed by atoms with Gasteiger partial charge in [-0.3, -0.25) is 0 Å². The van der Waals surface area contributed by atoms with Gasteiger partial charge in [-0.15, -0.1) is 0 Å². The molecule has 94 valence electrons. The van der Waals surface area contributed by atoms with Crippen LogP contribution in [0.25, 0.3) is 0 Å². The summed E-state index contributed by atoms with van der Waals surface area (Å²) in [5.74, 6) is 0. The first-order valence-corrected chi connectivity index (χ1v) is 6.78. The fourth-order valence-corrected chi connectivity index (χ4v) is 2.84. The minimum atomic E-state index is -0.549. The molecule has 2 rings (SSSR count). The Kier molecular flexibility index (Phi) is 4.69. The van der Waals surface area contributed by atoms with E-state index in [4.69, 9.17) is 23.2 Å². The van der Waals surface area contributed by atoms with Crippen LogP contribution in [0.5, 0.6) is 0 Å². The molecule has 1 saturated carbocycles. The molecule has 1 aliphatic rings. The van der Waals surface area contributed by atoms with Gasteiger partial charge in [0.15, 0.2) is 0 Å². The van der Waals surface area contributed by atoms with Gasteiger partial charge in [0.1, 0.15) is 0 Å². The highest BCUT2D eigenvalue weighted by Crippen LogP contribution is 2.24. The van der Waals surface area contributed by atoms with Gasteiger partial charge in [0.25, 0.3) is 0 Å². The summed E-state index contributed by atoms with van der Waals surface area (Å²) in [6.07, 6.45) is 4.45. The largest absolute Gasteiger partial charge is 0.387 e. The molecular weight excluding hydrogens is 257 g/mol. The van der Waals surface area contributed by atoms with Crippen molar-refractivity contribution in [1.29, 1.82) is 0 Å². The number of nitrogens with one attached hydrogen (secondary N) is 1. The van der Waals surface area contributed by atoms with Crippen molar-refractivity contribution >= 4 is 23.2 Å². The van der Waals surface area contributed by atoms with Crippen LogP contribution in [0.15, 0.2) is 18.2 Å². The Morgan fingerprint density at radius 2 is 1.76 bits per heavy atom. The molecule has 0 heterocycles. The first-order chi connectivity index (χ1) is 8.15. The van der Waals surface area contributed by atoms with E-state index in [1.165, 1.54) is 25.7 Å². The smallest absolute Gasteiger partial charge is 0.0915 e. The highest BCUT2D eigenvalue weighted by molar-refractivity contribution is 6.34. The van der Waals surface area contributed by atoms with Gasteiger partial charge >= 0.3 is 0 Å². The molecule has 0 amide bonds. The van der Waals surface area contributed by atoms with Crippen molar-refractivity contribution in [3.8, 4) is 0 Å². The van der Waals surface area contributed by atoms with E-state index in [1.54, 1.807) is 18.2 Å². The van der Waals surface area contributed by atoms with Crippen molar-refractivity contribution in [2.45, 2.75) is 37.8 Å². The Bertz CT molecular complexity index is 357. The average molecular weight is 274 g/mol. The van der Waals surface area contributed by atoms with Crippen LogP contribution in [-0.4, -0.2) is 17.7 Å². The van der Waals surface area contributed by atoms with Crippen molar-refractivity contribution < 1.29 is 5.11 Å². The van der Waals surface area contributed by atoms with E-state index in [-0.39, 0.29) is 0 Å². The van der Waals surface area contributed by atoms with Crippen molar-refractivity contribution in [3.63, 3.8) is 0 Å². The van der Waals surface area contributed by atoms with Gasteiger partial charge in [-0.25, -0.2) is 0 Å². The number of aliphatic hydroxyl groups is 1. The van der Waals surface area contributed by atoms with Gasteiger partial charge in [0.2, 0.25) is 0 Å². The quantitative estimate of drug-likeness (QED) is 0.879. The van der Waals surface area contributed by atoms with E-state index in [2.05, 4.69) is 5.32 Å². The molecule has 0 aromatic heterocycles. The second-order valence-corrected chi connectivity index (χ2v) is 5.48. The number of hydrogen-bond donors (Lipinski definition) is 2. The Labute approximate surface area is 112 Å². The third kappa shape index (κ3) is 3.85. The van der Waals surface area contributed by atoms with E-state index in [0.29, 0.717) is 22.6 Å². The summed E-state index contributed by atoms with van der Waals surface area (Å²) in [4.78, 5) is 0. The third-order valence-electron chi connectivity index (χ3n) is 3.22. The van der Waals surface area contributed by atoms with E-state index in [1.807, 2.05) is 0 Å². The van der Waals surface area contributed by atoms with Gasteiger partial charge in [0, 0.05) is 22.6 Å². The summed E-state index contributed by atoms with van der Waals surface area (Å²) >= 11 is 11.8. The lowest BCUT2D eigenvalue weighted by Gasteiger charge is -2.16.